The molecule has 1 fully saturated rings. The average Bonchev–Trinajstić information content (AvgIpc) is 3.40. The van der Waals surface area contributed by atoms with Gasteiger partial charge in [0.2, 0.25) is 11.0 Å². The normalized spacial score (nSPS) is 15.3. The second-order valence-corrected chi connectivity index (χ2v) is 10.5. The summed E-state index contributed by atoms with van der Waals surface area (Å²) in [4.78, 5) is 21.5. The van der Waals surface area contributed by atoms with Crippen LogP contribution in [-0.4, -0.2) is 69.4 Å². The van der Waals surface area contributed by atoms with Crippen LogP contribution in [0.15, 0.2) is 34.0 Å². The zero-order valence-electron chi connectivity index (χ0n) is 17.1. The van der Waals surface area contributed by atoms with Crippen molar-refractivity contribution in [2.75, 3.05) is 43.8 Å². The third-order valence-electron chi connectivity index (χ3n) is 4.80. The van der Waals surface area contributed by atoms with Gasteiger partial charge in [-0.2, -0.15) is 0 Å². The molecule has 1 aliphatic heterocycles. The molecule has 0 atom stereocenters. The quantitative estimate of drug-likeness (QED) is 0.391. The Hall–Kier alpha value is -1.92. The van der Waals surface area contributed by atoms with Crippen LogP contribution in [0.4, 0.5) is 9.52 Å². The van der Waals surface area contributed by atoms with Gasteiger partial charge in [0.1, 0.15) is 10.8 Å². The van der Waals surface area contributed by atoms with Crippen molar-refractivity contribution in [2.24, 2.45) is 0 Å². The SMILES string of the molecule is CCSc1nnc(NC(=O)CN2CCN(Cc3nc(-c4ccc(F)cc4)cs3)CC2)s1. The molecule has 0 radical (unpaired) electrons. The van der Waals surface area contributed by atoms with Gasteiger partial charge in [0.15, 0.2) is 4.34 Å². The first-order chi connectivity index (χ1) is 15.1. The van der Waals surface area contributed by atoms with Crippen molar-refractivity contribution in [3.8, 4) is 11.3 Å². The highest BCUT2D eigenvalue weighted by atomic mass is 32.2. The van der Waals surface area contributed by atoms with Crippen molar-refractivity contribution >= 4 is 45.5 Å². The third kappa shape index (κ3) is 6.30. The summed E-state index contributed by atoms with van der Waals surface area (Å²) in [5.41, 5.74) is 1.81. The number of carbonyl (C=O) groups excluding carboxylic acids is 1. The maximum absolute atomic E-state index is 13.1. The number of nitrogens with one attached hydrogen (secondary N) is 1. The van der Waals surface area contributed by atoms with E-state index in [0.717, 1.165) is 59.1 Å². The number of rotatable bonds is 8. The highest BCUT2D eigenvalue weighted by molar-refractivity contribution is 8.01. The zero-order chi connectivity index (χ0) is 21.6. The lowest BCUT2D eigenvalue weighted by molar-refractivity contribution is -0.117. The topological polar surface area (TPSA) is 74.2 Å². The van der Waals surface area contributed by atoms with Crippen LogP contribution in [0.2, 0.25) is 0 Å². The summed E-state index contributed by atoms with van der Waals surface area (Å²) in [6.07, 6.45) is 0. The van der Waals surface area contributed by atoms with Gasteiger partial charge < -0.3 is 0 Å². The zero-order valence-corrected chi connectivity index (χ0v) is 19.5. The number of nitrogens with zero attached hydrogens (tertiary/aromatic N) is 5. The molecule has 0 aliphatic carbocycles. The smallest absolute Gasteiger partial charge is 0.240 e. The molecule has 164 valence electrons. The van der Waals surface area contributed by atoms with Gasteiger partial charge in [0.25, 0.3) is 0 Å². The number of aromatic nitrogens is 3. The molecule has 1 amide bonds. The fourth-order valence-electron chi connectivity index (χ4n) is 3.24. The van der Waals surface area contributed by atoms with Gasteiger partial charge in [-0.1, -0.05) is 30.0 Å². The van der Waals surface area contributed by atoms with Gasteiger partial charge in [-0.25, -0.2) is 9.37 Å². The molecule has 7 nitrogen and oxygen atoms in total. The number of piperazine rings is 1. The van der Waals surface area contributed by atoms with E-state index in [-0.39, 0.29) is 11.7 Å². The van der Waals surface area contributed by atoms with E-state index in [9.17, 15) is 9.18 Å². The Kier molecular flexibility index (Phi) is 7.62. The number of amides is 1. The number of benzene rings is 1. The minimum absolute atomic E-state index is 0.0542. The highest BCUT2D eigenvalue weighted by Gasteiger charge is 2.20. The Morgan fingerprint density at radius 1 is 1.16 bits per heavy atom. The Morgan fingerprint density at radius 3 is 2.65 bits per heavy atom. The second kappa shape index (κ2) is 10.6. The number of carbonyl (C=O) groups is 1. The predicted molar refractivity (Wildman–Crippen MR) is 124 cm³/mol. The largest absolute Gasteiger partial charge is 0.299 e. The summed E-state index contributed by atoms with van der Waals surface area (Å²) in [6, 6.07) is 6.42. The Balaban J connectivity index is 1.21. The molecule has 0 unspecified atom stereocenters. The van der Waals surface area contributed by atoms with Crippen molar-refractivity contribution in [3.63, 3.8) is 0 Å². The third-order valence-corrected chi connectivity index (χ3v) is 7.49. The van der Waals surface area contributed by atoms with Crippen LogP contribution >= 0.6 is 34.4 Å². The van der Waals surface area contributed by atoms with E-state index >= 15 is 0 Å². The average molecular weight is 479 g/mol. The first-order valence-electron chi connectivity index (χ1n) is 10.0. The van der Waals surface area contributed by atoms with Crippen LogP contribution in [0.1, 0.15) is 11.9 Å². The van der Waals surface area contributed by atoms with Gasteiger partial charge in [0, 0.05) is 37.1 Å². The number of thioether (sulfide) groups is 1. The van der Waals surface area contributed by atoms with Gasteiger partial charge in [0.05, 0.1) is 18.8 Å². The minimum Gasteiger partial charge on any atom is -0.299 e. The Morgan fingerprint density at radius 2 is 1.90 bits per heavy atom. The van der Waals surface area contributed by atoms with E-state index in [0.29, 0.717) is 11.7 Å². The van der Waals surface area contributed by atoms with Crippen molar-refractivity contribution in [2.45, 2.75) is 17.8 Å². The summed E-state index contributed by atoms with van der Waals surface area (Å²) in [5.74, 6) is 0.636. The second-order valence-electron chi connectivity index (χ2n) is 7.04. The summed E-state index contributed by atoms with van der Waals surface area (Å²) in [5, 5.41) is 14.5. The van der Waals surface area contributed by atoms with E-state index in [1.807, 2.05) is 5.38 Å². The molecule has 1 saturated heterocycles. The summed E-state index contributed by atoms with van der Waals surface area (Å²) >= 11 is 4.65. The highest BCUT2D eigenvalue weighted by Crippen LogP contribution is 2.25. The number of halogens is 1. The lowest BCUT2D eigenvalue weighted by Crippen LogP contribution is -2.48. The summed E-state index contributed by atoms with van der Waals surface area (Å²) in [7, 11) is 0. The molecular formula is C20H23FN6OS3. The standard InChI is InChI=1S/C20H23FN6OS3/c1-2-29-20-25-24-19(31-20)23-17(28)11-26-7-9-27(10-8-26)12-18-22-16(13-30-18)14-3-5-15(21)6-4-14/h3-6,13H,2,7-12H2,1H3,(H,23,24,28). The molecule has 1 aromatic carbocycles. The van der Waals surface area contributed by atoms with E-state index in [1.54, 1.807) is 35.2 Å². The molecule has 1 aliphatic rings. The van der Waals surface area contributed by atoms with Crippen LogP contribution in [0, 0.1) is 5.82 Å². The lowest BCUT2D eigenvalue weighted by atomic mass is 10.2. The molecule has 11 heteroatoms. The minimum atomic E-state index is -0.241. The van der Waals surface area contributed by atoms with Crippen molar-refractivity contribution in [1.82, 2.24) is 25.0 Å². The van der Waals surface area contributed by atoms with Crippen LogP contribution in [0.3, 0.4) is 0 Å². The summed E-state index contributed by atoms with van der Waals surface area (Å²) in [6.45, 7) is 6.63. The molecule has 4 rings (SSSR count). The molecule has 3 aromatic rings. The number of thiazole rings is 1. The fourth-order valence-corrected chi connectivity index (χ4v) is 5.75. The number of anilines is 1. The first kappa shape index (κ1) is 22.3. The predicted octanol–water partition coefficient (Wildman–Crippen LogP) is 3.67. The van der Waals surface area contributed by atoms with E-state index < -0.39 is 0 Å². The molecule has 0 bridgehead atoms. The molecule has 31 heavy (non-hydrogen) atoms. The van der Waals surface area contributed by atoms with Crippen molar-refractivity contribution in [1.29, 1.82) is 0 Å². The fraction of sp³-hybridized carbons (Fsp3) is 0.400. The summed E-state index contributed by atoms with van der Waals surface area (Å²) < 4.78 is 14.0. The van der Waals surface area contributed by atoms with Gasteiger partial charge in [-0.05, 0) is 30.0 Å². The molecule has 1 N–H and O–H groups in total. The van der Waals surface area contributed by atoms with Crippen molar-refractivity contribution < 1.29 is 9.18 Å². The molecular weight excluding hydrogens is 455 g/mol. The van der Waals surface area contributed by atoms with E-state index in [1.165, 1.54) is 23.5 Å². The van der Waals surface area contributed by atoms with Gasteiger partial charge >= 0.3 is 0 Å². The number of hydrogen-bond donors (Lipinski definition) is 1. The van der Waals surface area contributed by atoms with E-state index in [2.05, 4.69) is 32.2 Å². The van der Waals surface area contributed by atoms with Crippen LogP contribution in [0.25, 0.3) is 11.3 Å². The van der Waals surface area contributed by atoms with Gasteiger partial charge in [-0.15, -0.1) is 21.5 Å². The van der Waals surface area contributed by atoms with Crippen molar-refractivity contribution in [3.05, 3.63) is 40.5 Å². The van der Waals surface area contributed by atoms with Crippen LogP contribution < -0.4 is 5.32 Å². The molecule has 0 spiro atoms. The van der Waals surface area contributed by atoms with Gasteiger partial charge in [-0.3, -0.25) is 19.9 Å². The number of hydrogen-bond acceptors (Lipinski definition) is 9. The molecule has 2 aromatic heterocycles. The molecule has 3 heterocycles. The van der Waals surface area contributed by atoms with E-state index in [4.69, 9.17) is 4.98 Å². The van der Waals surface area contributed by atoms with Crippen LogP contribution in [0.5, 0.6) is 0 Å². The Bertz CT molecular complexity index is 1000. The Labute approximate surface area is 192 Å². The molecule has 0 saturated carbocycles. The monoisotopic (exact) mass is 478 g/mol. The maximum atomic E-state index is 13.1. The lowest BCUT2D eigenvalue weighted by Gasteiger charge is -2.33. The first-order valence-corrected chi connectivity index (χ1v) is 12.7. The maximum Gasteiger partial charge on any atom is 0.240 e. The van der Waals surface area contributed by atoms with Crippen LogP contribution in [-0.2, 0) is 11.3 Å².